The summed E-state index contributed by atoms with van der Waals surface area (Å²) in [6.07, 6.45) is 5.06. The molecule has 4 heteroatoms. The first kappa shape index (κ1) is 14.0. The second-order valence-electron chi connectivity index (χ2n) is 5.24. The van der Waals surface area contributed by atoms with Crippen LogP contribution in [0.5, 0.6) is 0 Å². The molecule has 1 saturated carbocycles. The number of anilines is 1. The lowest BCUT2D eigenvalue weighted by Gasteiger charge is -2.20. The van der Waals surface area contributed by atoms with Gasteiger partial charge in [-0.25, -0.2) is 4.39 Å². The van der Waals surface area contributed by atoms with E-state index in [4.69, 9.17) is 0 Å². The number of para-hydroxylation sites is 1. The molecule has 0 aromatic heterocycles. The predicted octanol–water partition coefficient (Wildman–Crippen LogP) is 2.93. The number of halogens is 1. The molecule has 3 nitrogen and oxygen atoms in total. The lowest BCUT2D eigenvalue weighted by Crippen LogP contribution is -2.38. The maximum atomic E-state index is 13.4. The molecular formula is C15H21FN2O. The molecular weight excluding hydrogens is 243 g/mol. The van der Waals surface area contributed by atoms with E-state index in [-0.39, 0.29) is 18.1 Å². The van der Waals surface area contributed by atoms with Crippen molar-refractivity contribution in [1.82, 2.24) is 5.32 Å². The Morgan fingerprint density at radius 1 is 1.37 bits per heavy atom. The SMILES string of the molecule is CC(NCC(=O)Nc1ccccc1F)C1CCCC1. The van der Waals surface area contributed by atoms with E-state index in [9.17, 15) is 9.18 Å². The summed E-state index contributed by atoms with van der Waals surface area (Å²) in [5.74, 6) is 0.0656. The first-order valence-corrected chi connectivity index (χ1v) is 6.94. The molecule has 2 rings (SSSR count). The van der Waals surface area contributed by atoms with E-state index in [1.165, 1.54) is 31.7 Å². The Kier molecular flexibility index (Phi) is 4.91. The summed E-state index contributed by atoms with van der Waals surface area (Å²) in [7, 11) is 0. The largest absolute Gasteiger partial charge is 0.322 e. The van der Waals surface area contributed by atoms with Crippen LogP contribution < -0.4 is 10.6 Å². The molecule has 19 heavy (non-hydrogen) atoms. The monoisotopic (exact) mass is 264 g/mol. The molecule has 1 unspecified atom stereocenters. The van der Waals surface area contributed by atoms with Crippen LogP contribution in [0, 0.1) is 11.7 Å². The fourth-order valence-corrected chi connectivity index (χ4v) is 2.63. The Balaban J connectivity index is 1.77. The summed E-state index contributed by atoms with van der Waals surface area (Å²) < 4.78 is 13.4. The molecule has 0 heterocycles. The van der Waals surface area contributed by atoms with Crippen molar-refractivity contribution in [3.63, 3.8) is 0 Å². The molecule has 0 aliphatic heterocycles. The topological polar surface area (TPSA) is 41.1 Å². The van der Waals surface area contributed by atoms with Gasteiger partial charge in [-0.3, -0.25) is 4.79 Å². The average Bonchev–Trinajstić information content (AvgIpc) is 2.93. The predicted molar refractivity (Wildman–Crippen MR) is 74.5 cm³/mol. The van der Waals surface area contributed by atoms with E-state index < -0.39 is 5.82 Å². The second-order valence-corrected chi connectivity index (χ2v) is 5.24. The molecule has 1 aliphatic carbocycles. The lowest BCUT2D eigenvalue weighted by atomic mass is 10.00. The third-order valence-electron chi connectivity index (χ3n) is 3.84. The summed E-state index contributed by atoms with van der Waals surface area (Å²) in [6, 6.07) is 6.55. The van der Waals surface area contributed by atoms with Crippen molar-refractivity contribution in [3.05, 3.63) is 30.1 Å². The van der Waals surface area contributed by atoms with Gasteiger partial charge in [-0.15, -0.1) is 0 Å². The van der Waals surface area contributed by atoms with Crippen LogP contribution in [0.15, 0.2) is 24.3 Å². The molecule has 1 aromatic rings. The number of carbonyl (C=O) groups is 1. The fourth-order valence-electron chi connectivity index (χ4n) is 2.63. The summed E-state index contributed by atoms with van der Waals surface area (Å²) in [5.41, 5.74) is 0.239. The van der Waals surface area contributed by atoms with Gasteiger partial charge in [-0.1, -0.05) is 25.0 Å². The minimum atomic E-state index is -0.403. The smallest absolute Gasteiger partial charge is 0.238 e. The van der Waals surface area contributed by atoms with Crippen LogP contribution in [0.2, 0.25) is 0 Å². The maximum Gasteiger partial charge on any atom is 0.238 e. The van der Waals surface area contributed by atoms with Crippen LogP contribution in [-0.2, 0) is 4.79 Å². The number of amides is 1. The van der Waals surface area contributed by atoms with E-state index in [2.05, 4.69) is 17.6 Å². The summed E-state index contributed by atoms with van der Waals surface area (Å²) in [6.45, 7) is 2.35. The molecule has 0 saturated heterocycles. The van der Waals surface area contributed by atoms with Crippen molar-refractivity contribution in [2.75, 3.05) is 11.9 Å². The molecule has 0 spiro atoms. The Labute approximate surface area is 113 Å². The minimum Gasteiger partial charge on any atom is -0.322 e. The van der Waals surface area contributed by atoms with E-state index in [1.807, 2.05) is 0 Å². The van der Waals surface area contributed by atoms with Gasteiger partial charge in [-0.05, 0) is 37.8 Å². The van der Waals surface area contributed by atoms with Gasteiger partial charge in [0.2, 0.25) is 5.91 Å². The molecule has 1 aliphatic rings. The first-order valence-electron chi connectivity index (χ1n) is 6.94. The molecule has 2 N–H and O–H groups in total. The van der Waals surface area contributed by atoms with Crippen molar-refractivity contribution in [3.8, 4) is 0 Å². The van der Waals surface area contributed by atoms with Gasteiger partial charge >= 0.3 is 0 Å². The van der Waals surface area contributed by atoms with Gasteiger partial charge in [0.15, 0.2) is 0 Å². The zero-order valence-electron chi connectivity index (χ0n) is 11.3. The molecule has 1 amide bonds. The Morgan fingerprint density at radius 2 is 2.05 bits per heavy atom. The molecule has 1 aromatic carbocycles. The normalized spacial score (nSPS) is 17.4. The number of benzene rings is 1. The highest BCUT2D eigenvalue weighted by molar-refractivity contribution is 5.92. The number of hydrogen-bond donors (Lipinski definition) is 2. The number of nitrogens with one attached hydrogen (secondary N) is 2. The van der Waals surface area contributed by atoms with Crippen molar-refractivity contribution >= 4 is 11.6 Å². The Morgan fingerprint density at radius 3 is 2.74 bits per heavy atom. The third-order valence-corrected chi connectivity index (χ3v) is 3.84. The van der Waals surface area contributed by atoms with Gasteiger partial charge < -0.3 is 10.6 Å². The van der Waals surface area contributed by atoms with E-state index in [0.29, 0.717) is 12.0 Å². The molecule has 1 atom stereocenters. The second kappa shape index (κ2) is 6.66. The quantitative estimate of drug-likeness (QED) is 0.858. The summed E-state index contributed by atoms with van der Waals surface area (Å²) >= 11 is 0. The molecule has 0 bridgehead atoms. The highest BCUT2D eigenvalue weighted by Gasteiger charge is 2.21. The van der Waals surface area contributed by atoms with Gasteiger partial charge in [0.1, 0.15) is 5.82 Å². The van der Waals surface area contributed by atoms with Crippen molar-refractivity contribution in [2.45, 2.75) is 38.6 Å². The van der Waals surface area contributed by atoms with Crippen LogP contribution in [0.25, 0.3) is 0 Å². The van der Waals surface area contributed by atoms with Gasteiger partial charge in [0.25, 0.3) is 0 Å². The molecule has 1 fully saturated rings. The van der Waals surface area contributed by atoms with Crippen LogP contribution in [0.4, 0.5) is 10.1 Å². The van der Waals surface area contributed by atoms with Crippen LogP contribution in [-0.4, -0.2) is 18.5 Å². The zero-order chi connectivity index (χ0) is 13.7. The molecule has 0 radical (unpaired) electrons. The Hall–Kier alpha value is -1.42. The number of carbonyl (C=O) groups excluding carboxylic acids is 1. The van der Waals surface area contributed by atoms with Crippen LogP contribution in [0.1, 0.15) is 32.6 Å². The van der Waals surface area contributed by atoms with E-state index in [0.717, 1.165) is 0 Å². The lowest BCUT2D eigenvalue weighted by molar-refractivity contribution is -0.115. The standard InChI is InChI=1S/C15H21FN2O/c1-11(12-6-2-3-7-12)17-10-15(19)18-14-9-5-4-8-13(14)16/h4-5,8-9,11-12,17H,2-3,6-7,10H2,1H3,(H,18,19). The van der Waals surface area contributed by atoms with Crippen molar-refractivity contribution in [1.29, 1.82) is 0 Å². The van der Waals surface area contributed by atoms with Crippen molar-refractivity contribution in [2.24, 2.45) is 5.92 Å². The van der Waals surface area contributed by atoms with E-state index in [1.54, 1.807) is 18.2 Å². The summed E-state index contributed by atoms with van der Waals surface area (Å²) in [5, 5.41) is 5.81. The van der Waals surface area contributed by atoms with Gasteiger partial charge in [0, 0.05) is 6.04 Å². The van der Waals surface area contributed by atoms with E-state index >= 15 is 0 Å². The van der Waals surface area contributed by atoms with Crippen LogP contribution >= 0.6 is 0 Å². The number of hydrogen-bond acceptors (Lipinski definition) is 2. The first-order chi connectivity index (χ1) is 9.16. The van der Waals surface area contributed by atoms with Gasteiger partial charge in [0.05, 0.1) is 12.2 Å². The maximum absolute atomic E-state index is 13.4. The fraction of sp³-hybridized carbons (Fsp3) is 0.533. The molecule has 104 valence electrons. The Bertz CT molecular complexity index is 430. The van der Waals surface area contributed by atoms with Gasteiger partial charge in [-0.2, -0.15) is 0 Å². The minimum absolute atomic E-state index is 0.199. The van der Waals surface area contributed by atoms with Crippen molar-refractivity contribution < 1.29 is 9.18 Å². The number of rotatable bonds is 5. The average molecular weight is 264 g/mol. The zero-order valence-corrected chi connectivity index (χ0v) is 11.3. The highest BCUT2D eigenvalue weighted by Crippen LogP contribution is 2.27. The highest BCUT2D eigenvalue weighted by atomic mass is 19.1. The third kappa shape index (κ3) is 4.03. The van der Waals surface area contributed by atoms with Crippen LogP contribution in [0.3, 0.4) is 0 Å². The summed E-state index contributed by atoms with van der Waals surface area (Å²) in [4.78, 5) is 11.7.